The van der Waals surface area contributed by atoms with E-state index in [0.717, 1.165) is 0 Å². The summed E-state index contributed by atoms with van der Waals surface area (Å²) in [6, 6.07) is 0. The molecule has 0 aromatic rings. The smallest absolute Gasteiger partial charge is 0.309 e. The Hall–Kier alpha value is -1.12. The number of aliphatic carboxylic acids is 1. The second-order valence-electron chi connectivity index (χ2n) is 1.51. The summed E-state index contributed by atoms with van der Waals surface area (Å²) >= 11 is 0. The maximum Gasteiger partial charge on any atom is 0.309 e. The lowest BCUT2D eigenvalue weighted by atomic mass is 10.2. The van der Waals surface area contributed by atoms with Crippen LogP contribution in [-0.2, 0) is 4.79 Å². The molecule has 1 aliphatic heterocycles. The van der Waals surface area contributed by atoms with Gasteiger partial charge in [-0.1, -0.05) is 0 Å². The third-order valence-corrected chi connectivity index (χ3v) is 0.840. The minimum Gasteiger partial charge on any atom is -0.481 e. The molecule has 0 spiro atoms. The van der Waals surface area contributed by atoms with E-state index >= 15 is 0 Å². The van der Waals surface area contributed by atoms with Crippen molar-refractivity contribution in [1.82, 2.24) is 0 Å². The Labute approximate surface area is 46.4 Å². The van der Waals surface area contributed by atoms with Crippen molar-refractivity contribution in [2.45, 2.75) is 6.42 Å². The Morgan fingerprint density at radius 2 is 2.50 bits per heavy atom. The third-order valence-electron chi connectivity index (χ3n) is 0.840. The van der Waals surface area contributed by atoms with Gasteiger partial charge in [-0.15, -0.1) is 0 Å². The molecule has 0 aromatic carbocycles. The maximum absolute atomic E-state index is 9.89. The largest absolute Gasteiger partial charge is 0.481 e. The van der Waals surface area contributed by atoms with E-state index in [9.17, 15) is 4.79 Å². The monoisotopic (exact) mass is 111 g/mol. The molecule has 0 unspecified atom stereocenters. The first-order chi connectivity index (χ1) is 3.79. The normalized spacial score (nSPS) is 14.8. The zero-order valence-electron chi connectivity index (χ0n) is 4.16. The van der Waals surface area contributed by atoms with Crippen LogP contribution >= 0.6 is 0 Å². The number of carboxylic acids is 1. The van der Waals surface area contributed by atoms with Gasteiger partial charge in [0.05, 0.1) is 12.1 Å². The minimum absolute atomic E-state index is 0.0521. The summed E-state index contributed by atoms with van der Waals surface area (Å²) in [6.07, 6.45) is 3.32. The van der Waals surface area contributed by atoms with Crippen LogP contribution in [0.5, 0.6) is 0 Å². The lowest BCUT2D eigenvalue weighted by Crippen LogP contribution is -2.06. The summed E-state index contributed by atoms with van der Waals surface area (Å²) < 4.78 is 0. The van der Waals surface area contributed by atoms with E-state index in [0.29, 0.717) is 5.71 Å². The highest BCUT2D eigenvalue weighted by Crippen LogP contribution is 1.99. The third kappa shape index (κ3) is 0.932. The number of hydrogen-bond acceptors (Lipinski definition) is 2. The fourth-order valence-corrected chi connectivity index (χ4v) is 0.439. The molecule has 0 saturated heterocycles. The van der Waals surface area contributed by atoms with Crippen LogP contribution in [0.3, 0.4) is 0 Å². The predicted octanol–water partition coefficient (Wildman–Crippen LogP) is 0.429. The van der Waals surface area contributed by atoms with Crippen LogP contribution in [0.15, 0.2) is 17.3 Å². The van der Waals surface area contributed by atoms with Crippen molar-refractivity contribution >= 4 is 11.7 Å². The number of nitrogens with zero attached hydrogens (tertiary/aromatic N) is 1. The molecule has 0 aromatic heterocycles. The number of aliphatic imine (C=N–C) groups is 1. The number of allylic oxidation sites excluding steroid dienone is 1. The van der Waals surface area contributed by atoms with Crippen LogP contribution in [-0.4, -0.2) is 16.8 Å². The minimum atomic E-state index is -0.826. The molecule has 1 heterocycles. The first kappa shape index (κ1) is 5.03. The van der Waals surface area contributed by atoms with E-state index in [1.807, 2.05) is 0 Å². The maximum atomic E-state index is 9.89. The molecular weight excluding hydrogens is 106 g/mol. The zero-order valence-corrected chi connectivity index (χ0v) is 4.16. The fraction of sp³-hybridized carbons (Fsp3) is 0.200. The summed E-state index contributed by atoms with van der Waals surface area (Å²) in [6.45, 7) is 0. The molecule has 1 aliphatic rings. The van der Waals surface area contributed by atoms with Gasteiger partial charge >= 0.3 is 5.97 Å². The van der Waals surface area contributed by atoms with Gasteiger partial charge in [0.15, 0.2) is 0 Å². The van der Waals surface area contributed by atoms with Crippen LogP contribution in [0, 0.1) is 0 Å². The molecule has 42 valence electrons. The number of carbonyl (C=O) groups is 1. The van der Waals surface area contributed by atoms with Crippen molar-refractivity contribution < 1.29 is 9.90 Å². The SMILES string of the molecule is O=C(O)CC1=NC=C1. The van der Waals surface area contributed by atoms with Crippen molar-refractivity contribution in [3.05, 3.63) is 12.3 Å². The van der Waals surface area contributed by atoms with Gasteiger partial charge < -0.3 is 5.11 Å². The first-order valence-electron chi connectivity index (χ1n) is 2.24. The summed E-state index contributed by atoms with van der Waals surface area (Å²) in [5.74, 6) is -0.826. The topological polar surface area (TPSA) is 49.7 Å². The quantitative estimate of drug-likeness (QED) is 0.561. The highest BCUT2D eigenvalue weighted by molar-refractivity contribution is 6.08. The first-order valence-corrected chi connectivity index (χ1v) is 2.24. The Morgan fingerprint density at radius 3 is 2.62 bits per heavy atom. The van der Waals surface area contributed by atoms with Gasteiger partial charge in [-0.25, -0.2) is 0 Å². The van der Waals surface area contributed by atoms with Crippen molar-refractivity contribution in [1.29, 1.82) is 0 Å². The molecule has 3 heteroatoms. The molecule has 0 atom stereocenters. The van der Waals surface area contributed by atoms with Gasteiger partial charge in [-0.3, -0.25) is 9.79 Å². The Balaban J connectivity index is 2.31. The van der Waals surface area contributed by atoms with E-state index in [2.05, 4.69) is 4.99 Å². The van der Waals surface area contributed by atoms with Crippen molar-refractivity contribution in [2.24, 2.45) is 4.99 Å². The summed E-state index contributed by atoms with van der Waals surface area (Å²) in [4.78, 5) is 13.6. The number of carboxylic acid groups (broad SMARTS) is 1. The zero-order chi connectivity index (χ0) is 5.98. The lowest BCUT2D eigenvalue weighted by Gasteiger charge is -1.99. The van der Waals surface area contributed by atoms with E-state index in [1.165, 1.54) is 0 Å². The molecule has 0 bridgehead atoms. The van der Waals surface area contributed by atoms with Gasteiger partial charge in [0.25, 0.3) is 0 Å². The molecule has 0 amide bonds. The lowest BCUT2D eigenvalue weighted by molar-refractivity contribution is -0.135. The fourth-order valence-electron chi connectivity index (χ4n) is 0.439. The van der Waals surface area contributed by atoms with E-state index in [-0.39, 0.29) is 6.42 Å². The van der Waals surface area contributed by atoms with Crippen molar-refractivity contribution in [2.75, 3.05) is 0 Å². The Bertz CT molecular complexity index is 169. The van der Waals surface area contributed by atoms with Gasteiger partial charge in [-0.05, 0) is 6.08 Å². The summed E-state index contributed by atoms with van der Waals surface area (Å²) in [5.41, 5.74) is 0.650. The molecule has 0 fully saturated rings. The highest BCUT2D eigenvalue weighted by atomic mass is 16.4. The molecule has 1 rings (SSSR count). The summed E-state index contributed by atoms with van der Waals surface area (Å²) in [5, 5.41) is 8.13. The molecule has 0 radical (unpaired) electrons. The van der Waals surface area contributed by atoms with Crippen LogP contribution in [0.2, 0.25) is 0 Å². The number of hydrogen-bond donors (Lipinski definition) is 1. The Morgan fingerprint density at radius 1 is 1.88 bits per heavy atom. The second-order valence-corrected chi connectivity index (χ2v) is 1.51. The van der Waals surface area contributed by atoms with Gasteiger partial charge in [-0.2, -0.15) is 0 Å². The molecule has 0 saturated carbocycles. The van der Waals surface area contributed by atoms with Crippen molar-refractivity contribution in [3.63, 3.8) is 0 Å². The van der Waals surface area contributed by atoms with Crippen LogP contribution in [0.1, 0.15) is 6.42 Å². The molecule has 3 nitrogen and oxygen atoms in total. The van der Waals surface area contributed by atoms with E-state index < -0.39 is 5.97 Å². The highest BCUT2D eigenvalue weighted by Gasteiger charge is 2.04. The van der Waals surface area contributed by atoms with Gasteiger partial charge in [0, 0.05) is 6.20 Å². The molecular formula is C5H5NO2. The van der Waals surface area contributed by atoms with Crippen LogP contribution in [0.25, 0.3) is 0 Å². The molecule has 1 N–H and O–H groups in total. The van der Waals surface area contributed by atoms with Gasteiger partial charge in [0.2, 0.25) is 0 Å². The van der Waals surface area contributed by atoms with Crippen LogP contribution in [0.4, 0.5) is 0 Å². The molecule has 0 aliphatic carbocycles. The number of rotatable bonds is 2. The standard InChI is InChI=1S/C5H5NO2/c7-5(8)3-4-1-2-6-4/h1-2H,3H2,(H,7,8). The second kappa shape index (κ2) is 1.78. The predicted molar refractivity (Wildman–Crippen MR) is 28.8 cm³/mol. The van der Waals surface area contributed by atoms with Gasteiger partial charge in [0.1, 0.15) is 0 Å². The van der Waals surface area contributed by atoms with E-state index in [4.69, 9.17) is 5.11 Å². The molecule has 8 heavy (non-hydrogen) atoms. The van der Waals surface area contributed by atoms with E-state index in [1.54, 1.807) is 12.3 Å². The average Bonchev–Trinajstić information content (AvgIpc) is 1.55. The van der Waals surface area contributed by atoms with Crippen LogP contribution < -0.4 is 0 Å². The summed E-state index contributed by atoms with van der Waals surface area (Å²) in [7, 11) is 0. The Kier molecular flexibility index (Phi) is 1.12. The van der Waals surface area contributed by atoms with Crippen molar-refractivity contribution in [3.8, 4) is 0 Å². The average molecular weight is 111 g/mol.